The highest BCUT2D eigenvalue weighted by atomic mass is 15.1. The van der Waals surface area contributed by atoms with Gasteiger partial charge in [0.2, 0.25) is 0 Å². The molecule has 1 aromatic heterocycles. The van der Waals surface area contributed by atoms with Crippen LogP contribution in [0.25, 0.3) is 49.4 Å². The number of aromatic nitrogens is 1. The van der Waals surface area contributed by atoms with E-state index in [1.165, 1.54) is 60.5 Å². The average Bonchev–Trinajstić information content (AvgIpc) is 3.43. The highest BCUT2D eigenvalue weighted by Gasteiger charge is 2.35. The third-order valence-electron chi connectivity index (χ3n) is 9.76. The van der Waals surface area contributed by atoms with E-state index in [1.807, 2.05) is 0 Å². The van der Waals surface area contributed by atoms with E-state index in [1.54, 1.807) is 0 Å². The van der Waals surface area contributed by atoms with Crippen molar-refractivity contribution < 1.29 is 0 Å². The minimum Gasteiger partial charge on any atom is -0.309 e. The van der Waals surface area contributed by atoms with E-state index >= 15 is 0 Å². The van der Waals surface area contributed by atoms with Crippen molar-refractivity contribution in [2.24, 2.45) is 0 Å². The lowest BCUT2D eigenvalue weighted by molar-refractivity contribution is 0.630. The summed E-state index contributed by atoms with van der Waals surface area (Å²) >= 11 is 0. The Morgan fingerprint density at radius 2 is 1.18 bits per heavy atom. The summed E-state index contributed by atoms with van der Waals surface area (Å²) in [5, 5.41) is 5.01. The van der Waals surface area contributed by atoms with Gasteiger partial charge in [0, 0.05) is 32.8 Å². The van der Waals surface area contributed by atoms with Gasteiger partial charge in [0.1, 0.15) is 0 Å². The van der Waals surface area contributed by atoms with Gasteiger partial charge in [-0.05, 0) is 58.5 Å². The molecule has 1 aliphatic heterocycles. The molecule has 0 fully saturated rings. The number of hydrogen-bond donors (Lipinski definition) is 0. The second kappa shape index (κ2) is 9.70. The molecule has 0 unspecified atom stereocenters. The third-order valence-corrected chi connectivity index (χ3v) is 9.76. The van der Waals surface area contributed by atoms with E-state index in [4.69, 9.17) is 0 Å². The largest absolute Gasteiger partial charge is 0.309 e. The smallest absolute Gasteiger partial charge is 0.0582 e. The van der Waals surface area contributed by atoms with Crippen LogP contribution < -0.4 is 4.90 Å². The van der Waals surface area contributed by atoms with Gasteiger partial charge < -0.3 is 9.47 Å². The van der Waals surface area contributed by atoms with Crippen LogP contribution in [0.2, 0.25) is 0 Å². The minimum absolute atomic E-state index is 0.0904. The highest BCUT2D eigenvalue weighted by Crippen LogP contribution is 2.49. The summed E-state index contributed by atoms with van der Waals surface area (Å²) in [4.78, 5) is 2.45. The predicted molar refractivity (Wildman–Crippen MR) is 191 cm³/mol. The monoisotopic (exact) mass is 576 g/mol. The van der Waals surface area contributed by atoms with Crippen LogP contribution in [0, 0.1) is 0 Å². The van der Waals surface area contributed by atoms with Crippen molar-refractivity contribution in [3.05, 3.63) is 169 Å². The molecular formula is C43H32N2. The van der Waals surface area contributed by atoms with Crippen molar-refractivity contribution in [1.82, 2.24) is 4.57 Å². The molecule has 0 atom stereocenters. The van der Waals surface area contributed by atoms with Crippen LogP contribution in [-0.2, 0) is 5.41 Å². The first-order chi connectivity index (χ1) is 22.1. The van der Waals surface area contributed by atoms with E-state index in [0.717, 1.165) is 17.1 Å². The summed E-state index contributed by atoms with van der Waals surface area (Å²) in [7, 11) is 0. The Labute approximate surface area is 263 Å². The zero-order valence-corrected chi connectivity index (χ0v) is 25.4. The van der Waals surface area contributed by atoms with E-state index in [-0.39, 0.29) is 5.41 Å². The lowest BCUT2D eigenvalue weighted by Crippen LogP contribution is -2.26. The molecule has 214 valence electrons. The van der Waals surface area contributed by atoms with E-state index in [2.05, 4.69) is 181 Å². The molecule has 2 nitrogen and oxygen atoms in total. The van der Waals surface area contributed by atoms with Gasteiger partial charge in [-0.3, -0.25) is 0 Å². The molecule has 0 saturated heterocycles. The molecular weight excluding hydrogens is 544 g/mol. The Hall–Kier alpha value is -5.60. The Morgan fingerprint density at radius 1 is 0.511 bits per heavy atom. The number of benzene rings is 7. The average molecular weight is 577 g/mol. The fourth-order valence-corrected chi connectivity index (χ4v) is 7.63. The van der Waals surface area contributed by atoms with Gasteiger partial charge in [-0.25, -0.2) is 0 Å². The number of para-hydroxylation sites is 3. The van der Waals surface area contributed by atoms with E-state index in [9.17, 15) is 0 Å². The molecule has 0 aliphatic carbocycles. The molecule has 7 aromatic carbocycles. The molecule has 9 rings (SSSR count). The molecule has 45 heavy (non-hydrogen) atoms. The van der Waals surface area contributed by atoms with Gasteiger partial charge in [0.15, 0.2) is 0 Å². The van der Waals surface area contributed by atoms with Gasteiger partial charge >= 0.3 is 0 Å². The summed E-state index contributed by atoms with van der Waals surface area (Å²) in [6.45, 7) is 4.71. The van der Waals surface area contributed by atoms with E-state index in [0.29, 0.717) is 0 Å². The number of anilines is 3. The quantitative estimate of drug-likeness (QED) is 0.202. The van der Waals surface area contributed by atoms with Gasteiger partial charge in [0.05, 0.1) is 28.1 Å². The van der Waals surface area contributed by atoms with Crippen LogP contribution >= 0.6 is 0 Å². The SMILES string of the molecule is CC1(C)c2ccccc2-n2c3ccc(N(c4ccccc4-c4ccccc4)c4cccc5ccccc45)cc3c3cccc1c32. The fraction of sp³-hybridized carbons (Fsp3) is 0.0698. The zero-order chi connectivity index (χ0) is 30.1. The molecule has 1 aliphatic rings. The summed E-state index contributed by atoms with van der Waals surface area (Å²) in [5.41, 5.74) is 12.3. The summed E-state index contributed by atoms with van der Waals surface area (Å²) < 4.78 is 2.49. The maximum atomic E-state index is 2.49. The topological polar surface area (TPSA) is 8.17 Å². The molecule has 0 saturated carbocycles. The maximum Gasteiger partial charge on any atom is 0.0582 e. The summed E-state index contributed by atoms with van der Waals surface area (Å²) in [5.74, 6) is 0. The molecule has 0 spiro atoms. The zero-order valence-electron chi connectivity index (χ0n) is 25.4. The first kappa shape index (κ1) is 25.9. The van der Waals surface area contributed by atoms with Crippen LogP contribution in [0.3, 0.4) is 0 Å². The Morgan fingerprint density at radius 3 is 2.09 bits per heavy atom. The van der Waals surface area contributed by atoms with Crippen LogP contribution in [-0.4, -0.2) is 4.57 Å². The predicted octanol–water partition coefficient (Wildman–Crippen LogP) is 11.7. The van der Waals surface area contributed by atoms with Crippen LogP contribution in [0.5, 0.6) is 0 Å². The molecule has 0 amide bonds. The second-order valence-corrected chi connectivity index (χ2v) is 12.6. The van der Waals surface area contributed by atoms with Crippen molar-refractivity contribution in [3.63, 3.8) is 0 Å². The highest BCUT2D eigenvalue weighted by molar-refractivity contribution is 6.13. The molecule has 0 N–H and O–H groups in total. The summed E-state index contributed by atoms with van der Waals surface area (Å²) in [6, 6.07) is 57.6. The Kier molecular flexibility index (Phi) is 5.58. The van der Waals surface area contributed by atoms with Gasteiger partial charge in [-0.2, -0.15) is 0 Å². The van der Waals surface area contributed by atoms with Crippen molar-refractivity contribution >= 4 is 49.6 Å². The van der Waals surface area contributed by atoms with Gasteiger partial charge in [-0.1, -0.05) is 135 Å². The maximum absolute atomic E-state index is 2.49. The number of rotatable bonds is 4. The van der Waals surface area contributed by atoms with Crippen LogP contribution in [0.15, 0.2) is 158 Å². The van der Waals surface area contributed by atoms with Crippen LogP contribution in [0.1, 0.15) is 25.0 Å². The molecule has 2 heteroatoms. The first-order valence-corrected chi connectivity index (χ1v) is 15.7. The fourth-order valence-electron chi connectivity index (χ4n) is 7.63. The molecule has 2 heterocycles. The van der Waals surface area contributed by atoms with Crippen molar-refractivity contribution in [1.29, 1.82) is 0 Å². The number of fused-ring (bicyclic) bond motifs is 6. The van der Waals surface area contributed by atoms with Crippen molar-refractivity contribution in [2.75, 3.05) is 4.90 Å². The Bertz CT molecular complexity index is 2410. The third kappa shape index (κ3) is 3.76. The lowest BCUT2D eigenvalue weighted by Gasteiger charge is -2.34. The van der Waals surface area contributed by atoms with Gasteiger partial charge in [-0.15, -0.1) is 0 Å². The molecule has 0 bridgehead atoms. The van der Waals surface area contributed by atoms with E-state index < -0.39 is 0 Å². The van der Waals surface area contributed by atoms with Crippen molar-refractivity contribution in [2.45, 2.75) is 19.3 Å². The minimum atomic E-state index is -0.0904. The van der Waals surface area contributed by atoms with Crippen LogP contribution in [0.4, 0.5) is 17.1 Å². The van der Waals surface area contributed by atoms with Crippen molar-refractivity contribution in [3.8, 4) is 16.8 Å². The van der Waals surface area contributed by atoms with Gasteiger partial charge in [0.25, 0.3) is 0 Å². The summed E-state index contributed by atoms with van der Waals surface area (Å²) in [6.07, 6.45) is 0. The second-order valence-electron chi connectivity index (χ2n) is 12.6. The molecule has 8 aromatic rings. The Balaban J connectivity index is 1.36. The lowest BCUT2D eigenvalue weighted by atomic mass is 9.75. The number of nitrogens with zero attached hydrogens (tertiary/aromatic N) is 2. The molecule has 0 radical (unpaired) electrons. The first-order valence-electron chi connectivity index (χ1n) is 15.7. The normalized spacial score (nSPS) is 13.3. The standard InChI is InChI=1S/C43H32N2/c1-43(2)36-21-9-11-24-41(36)45-40-27-26-31(28-35(40)34-20-13-22-37(43)42(34)45)44(39-25-12-17-30-16-6-7-18-33(30)39)38-23-10-8-19-32(38)29-14-4-3-5-15-29/h3-28H,1-2H3. The number of hydrogen-bond acceptors (Lipinski definition) is 1.